The Morgan fingerprint density at radius 2 is 1.74 bits per heavy atom. The molecule has 2 aromatic rings. The molecule has 0 bridgehead atoms. The standard InChI is InChI=1S/C15H9Cl2FO/c16-11-7-8-12(18)15(17)14(11)13(19)9-6-10-4-2-1-3-5-10/h1-9H/b9-6+. The summed E-state index contributed by atoms with van der Waals surface area (Å²) in [6.45, 7) is 0. The van der Waals surface area contributed by atoms with Crippen LogP contribution in [0.25, 0.3) is 6.08 Å². The van der Waals surface area contributed by atoms with Crippen molar-refractivity contribution >= 4 is 35.1 Å². The van der Waals surface area contributed by atoms with Crippen LogP contribution < -0.4 is 0 Å². The predicted molar refractivity (Wildman–Crippen MR) is 76.2 cm³/mol. The van der Waals surface area contributed by atoms with Gasteiger partial charge in [-0.15, -0.1) is 0 Å². The number of hydrogen-bond acceptors (Lipinski definition) is 1. The summed E-state index contributed by atoms with van der Waals surface area (Å²) in [5.74, 6) is -1.10. The van der Waals surface area contributed by atoms with E-state index >= 15 is 0 Å². The highest BCUT2D eigenvalue weighted by Crippen LogP contribution is 2.28. The summed E-state index contributed by atoms with van der Waals surface area (Å²) >= 11 is 11.6. The lowest BCUT2D eigenvalue weighted by molar-refractivity contribution is 0.104. The molecule has 0 saturated carbocycles. The Balaban J connectivity index is 2.31. The van der Waals surface area contributed by atoms with Crippen LogP contribution in [0, 0.1) is 5.82 Å². The van der Waals surface area contributed by atoms with Gasteiger partial charge in [0.25, 0.3) is 0 Å². The first kappa shape index (κ1) is 13.8. The maximum Gasteiger partial charge on any atom is 0.188 e. The Kier molecular flexibility index (Phi) is 4.35. The van der Waals surface area contributed by atoms with E-state index < -0.39 is 11.6 Å². The van der Waals surface area contributed by atoms with Gasteiger partial charge >= 0.3 is 0 Å². The van der Waals surface area contributed by atoms with E-state index in [2.05, 4.69) is 0 Å². The molecule has 0 aliphatic carbocycles. The Labute approximate surface area is 120 Å². The number of carbonyl (C=O) groups is 1. The summed E-state index contributed by atoms with van der Waals surface area (Å²) in [5.41, 5.74) is 0.843. The first-order valence-corrected chi connectivity index (χ1v) is 6.26. The van der Waals surface area contributed by atoms with E-state index in [0.717, 1.165) is 11.6 Å². The summed E-state index contributed by atoms with van der Waals surface area (Å²) in [6, 6.07) is 11.7. The number of halogens is 3. The smallest absolute Gasteiger partial charge is 0.188 e. The van der Waals surface area contributed by atoms with Crippen molar-refractivity contribution < 1.29 is 9.18 Å². The lowest BCUT2D eigenvalue weighted by atomic mass is 10.1. The monoisotopic (exact) mass is 294 g/mol. The molecule has 0 aromatic heterocycles. The summed E-state index contributed by atoms with van der Waals surface area (Å²) < 4.78 is 13.3. The molecule has 4 heteroatoms. The SMILES string of the molecule is O=C(/C=C/c1ccccc1)c1c(Cl)ccc(F)c1Cl. The molecule has 0 spiro atoms. The fourth-order valence-corrected chi connectivity index (χ4v) is 2.13. The third kappa shape index (κ3) is 3.22. The maximum absolute atomic E-state index is 13.3. The minimum atomic E-state index is -0.664. The van der Waals surface area contributed by atoms with Crippen LogP contribution in [0.1, 0.15) is 15.9 Å². The Bertz CT molecular complexity index is 636. The fourth-order valence-electron chi connectivity index (χ4n) is 1.57. The van der Waals surface area contributed by atoms with E-state index in [1.165, 1.54) is 12.1 Å². The van der Waals surface area contributed by atoms with Crippen molar-refractivity contribution in [2.45, 2.75) is 0 Å². The van der Waals surface area contributed by atoms with Crippen molar-refractivity contribution in [3.05, 3.63) is 75.5 Å². The van der Waals surface area contributed by atoms with Gasteiger partial charge in [0.15, 0.2) is 5.78 Å². The Morgan fingerprint density at radius 3 is 2.42 bits per heavy atom. The van der Waals surface area contributed by atoms with Crippen LogP contribution >= 0.6 is 23.2 Å². The zero-order valence-corrected chi connectivity index (χ0v) is 11.3. The number of benzene rings is 2. The molecule has 2 rings (SSSR count). The van der Waals surface area contributed by atoms with E-state index in [0.29, 0.717) is 0 Å². The molecule has 1 nitrogen and oxygen atoms in total. The first-order valence-electron chi connectivity index (χ1n) is 5.50. The summed E-state index contributed by atoms with van der Waals surface area (Å²) in [7, 11) is 0. The van der Waals surface area contributed by atoms with E-state index in [1.54, 1.807) is 6.08 Å². The van der Waals surface area contributed by atoms with Crippen LogP contribution in [-0.4, -0.2) is 5.78 Å². The average Bonchev–Trinajstić information content (AvgIpc) is 2.42. The Hall–Kier alpha value is -1.64. The molecule has 0 fully saturated rings. The van der Waals surface area contributed by atoms with Crippen molar-refractivity contribution in [1.29, 1.82) is 0 Å². The van der Waals surface area contributed by atoms with Gasteiger partial charge in [0, 0.05) is 0 Å². The molecule has 0 N–H and O–H groups in total. The highest BCUT2D eigenvalue weighted by atomic mass is 35.5. The summed E-state index contributed by atoms with van der Waals surface area (Å²) in [4.78, 5) is 12.0. The van der Waals surface area contributed by atoms with Crippen LogP contribution in [0.5, 0.6) is 0 Å². The van der Waals surface area contributed by atoms with E-state index in [9.17, 15) is 9.18 Å². The van der Waals surface area contributed by atoms with Crippen molar-refractivity contribution in [2.24, 2.45) is 0 Å². The molecule has 2 aromatic carbocycles. The minimum Gasteiger partial charge on any atom is -0.289 e. The van der Waals surface area contributed by atoms with Crippen LogP contribution in [0.2, 0.25) is 10.0 Å². The second-order valence-electron chi connectivity index (χ2n) is 3.83. The molecule has 0 saturated heterocycles. The largest absolute Gasteiger partial charge is 0.289 e. The molecular weight excluding hydrogens is 286 g/mol. The molecule has 0 heterocycles. The molecule has 0 radical (unpaired) electrons. The molecule has 96 valence electrons. The number of hydrogen-bond donors (Lipinski definition) is 0. The highest BCUT2D eigenvalue weighted by molar-refractivity contribution is 6.40. The predicted octanol–water partition coefficient (Wildman–Crippen LogP) is 5.03. The zero-order chi connectivity index (χ0) is 13.8. The highest BCUT2D eigenvalue weighted by Gasteiger charge is 2.15. The fraction of sp³-hybridized carbons (Fsp3) is 0. The van der Waals surface area contributed by atoms with Gasteiger partial charge in [-0.2, -0.15) is 0 Å². The topological polar surface area (TPSA) is 17.1 Å². The van der Waals surface area contributed by atoms with Gasteiger partial charge in [-0.05, 0) is 23.8 Å². The van der Waals surface area contributed by atoms with Crippen molar-refractivity contribution in [2.75, 3.05) is 0 Å². The minimum absolute atomic E-state index is 0.0180. The normalized spacial score (nSPS) is 10.9. The van der Waals surface area contributed by atoms with E-state index in [1.807, 2.05) is 30.3 Å². The third-order valence-electron chi connectivity index (χ3n) is 2.52. The van der Waals surface area contributed by atoms with Crippen LogP contribution in [0.3, 0.4) is 0 Å². The van der Waals surface area contributed by atoms with Crippen LogP contribution in [0.15, 0.2) is 48.5 Å². The van der Waals surface area contributed by atoms with Crippen LogP contribution in [0.4, 0.5) is 4.39 Å². The van der Waals surface area contributed by atoms with Crippen molar-refractivity contribution in [3.63, 3.8) is 0 Å². The van der Waals surface area contributed by atoms with Crippen LogP contribution in [-0.2, 0) is 0 Å². The summed E-state index contributed by atoms with van der Waals surface area (Å²) in [6.07, 6.45) is 2.95. The zero-order valence-electron chi connectivity index (χ0n) is 9.74. The van der Waals surface area contributed by atoms with E-state index in [-0.39, 0.29) is 15.6 Å². The summed E-state index contributed by atoms with van der Waals surface area (Å²) in [5, 5.41) is -0.121. The van der Waals surface area contributed by atoms with Gasteiger partial charge in [-0.1, -0.05) is 59.6 Å². The second kappa shape index (κ2) is 6.00. The van der Waals surface area contributed by atoms with Gasteiger partial charge in [-0.25, -0.2) is 4.39 Å². The van der Waals surface area contributed by atoms with Gasteiger partial charge in [0.1, 0.15) is 5.82 Å². The molecular formula is C15H9Cl2FO. The molecule has 19 heavy (non-hydrogen) atoms. The number of carbonyl (C=O) groups excluding carboxylic acids is 1. The molecule has 0 aliphatic rings. The maximum atomic E-state index is 13.3. The molecule has 0 amide bonds. The number of rotatable bonds is 3. The molecule has 0 atom stereocenters. The lowest BCUT2D eigenvalue weighted by Crippen LogP contribution is -1.98. The number of ketones is 1. The number of allylic oxidation sites excluding steroid dienone is 1. The average molecular weight is 295 g/mol. The van der Waals surface area contributed by atoms with Gasteiger partial charge in [-0.3, -0.25) is 4.79 Å². The molecule has 0 aliphatic heterocycles. The Morgan fingerprint density at radius 1 is 1.05 bits per heavy atom. The van der Waals surface area contributed by atoms with Gasteiger partial charge < -0.3 is 0 Å². The quantitative estimate of drug-likeness (QED) is 0.441. The second-order valence-corrected chi connectivity index (χ2v) is 4.61. The van der Waals surface area contributed by atoms with Crippen molar-refractivity contribution in [1.82, 2.24) is 0 Å². The third-order valence-corrected chi connectivity index (χ3v) is 3.20. The lowest BCUT2D eigenvalue weighted by Gasteiger charge is -2.03. The molecule has 0 unspecified atom stereocenters. The van der Waals surface area contributed by atoms with Gasteiger partial charge in [0.2, 0.25) is 0 Å². The van der Waals surface area contributed by atoms with Gasteiger partial charge in [0.05, 0.1) is 15.6 Å². The van der Waals surface area contributed by atoms with Crippen molar-refractivity contribution in [3.8, 4) is 0 Å². The van der Waals surface area contributed by atoms with E-state index in [4.69, 9.17) is 23.2 Å². The first-order chi connectivity index (χ1) is 9.09.